The van der Waals surface area contributed by atoms with E-state index in [1.165, 1.54) is 12.8 Å². The topological polar surface area (TPSA) is 76.9 Å². The Morgan fingerprint density at radius 3 is 1.81 bits per heavy atom. The zero-order chi connectivity index (χ0) is 21.9. The summed E-state index contributed by atoms with van der Waals surface area (Å²) in [6.45, 7) is 4.45. The predicted molar refractivity (Wildman–Crippen MR) is 71.2 cm³/mol. The van der Waals surface area contributed by atoms with E-state index < -0.39 is 33.4 Å². The molecule has 160 valence electrons. The molecule has 5 nitrogen and oxygen atoms in total. The minimum absolute atomic E-state index is 0.635. The van der Waals surface area contributed by atoms with Gasteiger partial charge in [-0.1, -0.05) is 13.3 Å². The summed E-state index contributed by atoms with van der Waals surface area (Å²) in [6.07, 6.45) is 1.36. The molecule has 0 bridgehead atoms. The maximum atomic E-state index is 12.2. The molecule has 15 heteroatoms. The number of aromatic amines is 1. The Hall–Kier alpha value is -1.51. The number of nitrogens with one attached hydrogen (secondary N) is 1. The van der Waals surface area contributed by atoms with Gasteiger partial charge in [-0.2, -0.15) is 39.5 Å². The molecule has 1 atom stereocenters. The lowest BCUT2D eigenvalue weighted by atomic mass is 10.1. The second kappa shape index (κ2) is 8.24. The van der Waals surface area contributed by atoms with Gasteiger partial charge in [0, 0.05) is 0 Å². The van der Waals surface area contributed by atoms with Crippen molar-refractivity contribution in [1.82, 2.24) is 4.98 Å². The number of H-pyrrole nitrogens is 1. The van der Waals surface area contributed by atoms with Crippen molar-refractivity contribution in [3.63, 3.8) is 0 Å². The van der Waals surface area contributed by atoms with E-state index in [4.69, 9.17) is 0 Å². The molecule has 0 saturated heterocycles. The molecular formula is C12H15F9N2O3S. The molecule has 1 heterocycles. The summed E-state index contributed by atoms with van der Waals surface area (Å²) >= 11 is 0. The Kier molecular flexibility index (Phi) is 7.78. The summed E-state index contributed by atoms with van der Waals surface area (Å²) < 4.78 is 138. The first kappa shape index (κ1) is 25.5. The number of halogens is 9. The van der Waals surface area contributed by atoms with Crippen LogP contribution in [0, 0.1) is 0 Å². The summed E-state index contributed by atoms with van der Waals surface area (Å²) in [5, 5.41) is -7.11. The molecule has 0 amide bonds. The van der Waals surface area contributed by atoms with E-state index >= 15 is 0 Å². The first-order valence-electron chi connectivity index (χ1n) is 7.03. The Labute approximate surface area is 147 Å². The molecule has 1 N–H and O–H groups in total. The maximum absolute atomic E-state index is 12.2. The molecule has 0 aliphatic rings. The van der Waals surface area contributed by atoms with Gasteiger partial charge in [0.2, 0.25) is 6.33 Å². The Morgan fingerprint density at radius 2 is 1.52 bits per heavy atom. The molecule has 1 aromatic heterocycles. The number of imidazole rings is 1. The van der Waals surface area contributed by atoms with Gasteiger partial charge in [-0.3, -0.25) is 4.98 Å². The highest BCUT2D eigenvalue weighted by Crippen LogP contribution is 2.54. The number of alkyl halides is 9. The average molecular weight is 438 g/mol. The number of rotatable bonds is 6. The lowest BCUT2D eigenvalue weighted by Crippen LogP contribution is -2.63. The molecule has 0 spiro atoms. The highest BCUT2D eigenvalue weighted by Gasteiger charge is 2.83. The molecule has 0 aromatic carbocycles. The molecule has 1 aromatic rings. The monoisotopic (exact) mass is 438 g/mol. The highest BCUT2D eigenvalue weighted by molar-refractivity contribution is 7.86. The molecule has 1 rings (SSSR count). The third-order valence-electron chi connectivity index (χ3n) is 3.21. The maximum Gasteiger partial charge on any atom is 0.460 e. The lowest BCUT2D eigenvalue weighted by molar-refractivity contribution is -0.719. The van der Waals surface area contributed by atoms with E-state index in [0.717, 1.165) is 0 Å². The van der Waals surface area contributed by atoms with Crippen molar-refractivity contribution in [3.8, 4) is 0 Å². The largest absolute Gasteiger partial charge is 0.743 e. The number of aromatic nitrogens is 2. The molecule has 0 aliphatic carbocycles. The van der Waals surface area contributed by atoms with Crippen LogP contribution in [0.15, 0.2) is 18.7 Å². The third-order valence-corrected chi connectivity index (χ3v) is 4.10. The van der Waals surface area contributed by atoms with Gasteiger partial charge in [-0.25, -0.2) is 13.0 Å². The Morgan fingerprint density at radius 1 is 1.04 bits per heavy atom. The first-order chi connectivity index (χ1) is 11.8. The molecule has 0 saturated carbocycles. The van der Waals surface area contributed by atoms with Crippen LogP contribution in [0.2, 0.25) is 0 Å². The molecule has 0 fully saturated rings. The predicted octanol–water partition coefficient (Wildman–Crippen LogP) is 3.62. The van der Waals surface area contributed by atoms with Crippen LogP contribution in [0.25, 0.3) is 0 Å². The van der Waals surface area contributed by atoms with Crippen molar-refractivity contribution in [3.05, 3.63) is 18.7 Å². The van der Waals surface area contributed by atoms with E-state index in [2.05, 4.69) is 29.6 Å². The van der Waals surface area contributed by atoms with E-state index in [1.54, 1.807) is 0 Å². The lowest BCUT2D eigenvalue weighted by Gasteiger charge is -2.34. The van der Waals surface area contributed by atoms with E-state index in [9.17, 15) is 52.5 Å². The van der Waals surface area contributed by atoms with Crippen molar-refractivity contribution in [2.45, 2.75) is 56.0 Å². The van der Waals surface area contributed by atoms with E-state index in [0.29, 0.717) is 6.04 Å². The zero-order valence-corrected chi connectivity index (χ0v) is 14.5. The third kappa shape index (κ3) is 5.27. The van der Waals surface area contributed by atoms with Gasteiger partial charge >= 0.3 is 23.3 Å². The van der Waals surface area contributed by atoms with Crippen LogP contribution in [0.5, 0.6) is 0 Å². The normalized spacial score (nSPS) is 15.1. The number of hydrogen-bond acceptors (Lipinski definition) is 3. The summed E-state index contributed by atoms with van der Waals surface area (Å²) in [4.78, 5) is 3.03. The van der Waals surface area contributed by atoms with Crippen molar-refractivity contribution >= 4 is 10.1 Å². The fraction of sp³-hybridized carbons (Fsp3) is 0.750. The second-order valence-electron chi connectivity index (χ2n) is 5.31. The van der Waals surface area contributed by atoms with Gasteiger partial charge in [0.05, 0.1) is 6.04 Å². The summed E-state index contributed by atoms with van der Waals surface area (Å²) in [5.41, 5.74) is 0. The van der Waals surface area contributed by atoms with Gasteiger partial charge in [-0.15, -0.1) is 0 Å². The standard InChI is InChI=1S/C8H14N2.C4HF9O3S/c1-3-4-8(2)10-6-5-9-7-10;5-1(6,3(9,10)11)2(7,8)4(12,13)17(14,15)16/h5-8H,3-4H2,1-2H3;(H,14,15,16). The van der Waals surface area contributed by atoms with Crippen LogP contribution in [0.3, 0.4) is 0 Å². The minimum atomic E-state index is -7.43. The average Bonchev–Trinajstić information content (AvgIpc) is 2.99. The zero-order valence-electron chi connectivity index (χ0n) is 13.7. The fourth-order valence-corrected chi connectivity index (χ4v) is 2.10. The van der Waals surface area contributed by atoms with Gasteiger partial charge in [-0.05, 0) is 13.3 Å². The van der Waals surface area contributed by atoms with E-state index in [1.807, 2.05) is 12.5 Å². The first-order valence-corrected chi connectivity index (χ1v) is 8.44. The van der Waals surface area contributed by atoms with Crippen LogP contribution in [0.1, 0.15) is 32.7 Å². The summed E-state index contributed by atoms with van der Waals surface area (Å²) in [6, 6.07) is 0.635. The van der Waals surface area contributed by atoms with Crippen molar-refractivity contribution < 1.29 is 57.1 Å². The smallest absolute Gasteiger partial charge is 0.460 e. The van der Waals surface area contributed by atoms with Crippen molar-refractivity contribution in [1.29, 1.82) is 0 Å². The van der Waals surface area contributed by atoms with Crippen molar-refractivity contribution in [2.24, 2.45) is 0 Å². The van der Waals surface area contributed by atoms with Crippen LogP contribution in [-0.2, 0) is 10.1 Å². The van der Waals surface area contributed by atoms with Crippen LogP contribution in [-0.4, -0.2) is 41.2 Å². The van der Waals surface area contributed by atoms with Gasteiger partial charge < -0.3 is 4.55 Å². The van der Waals surface area contributed by atoms with Crippen LogP contribution < -0.4 is 4.57 Å². The summed E-state index contributed by atoms with van der Waals surface area (Å²) in [7, 11) is -7.42. The van der Waals surface area contributed by atoms with Gasteiger partial charge in [0.15, 0.2) is 10.1 Å². The number of nitrogens with zero attached hydrogens (tertiary/aromatic N) is 1. The van der Waals surface area contributed by atoms with Gasteiger partial charge in [0.1, 0.15) is 12.4 Å². The molecular weight excluding hydrogens is 423 g/mol. The highest BCUT2D eigenvalue weighted by atomic mass is 32.2. The van der Waals surface area contributed by atoms with Crippen LogP contribution >= 0.6 is 0 Å². The summed E-state index contributed by atoms with van der Waals surface area (Å²) in [5.74, 6) is -14.8. The molecule has 27 heavy (non-hydrogen) atoms. The SMILES string of the molecule is CCCC(C)[n+]1cc[nH]c1.O=S(=O)([O-])C(F)(F)C(F)(F)C(F)(F)C(F)(F)F. The Bertz CT molecular complexity index is 687. The number of hydrogen-bond donors (Lipinski definition) is 1. The molecule has 0 radical (unpaired) electrons. The van der Waals surface area contributed by atoms with Crippen LogP contribution in [0.4, 0.5) is 39.5 Å². The second-order valence-corrected chi connectivity index (χ2v) is 6.73. The Balaban J connectivity index is 0.000000569. The van der Waals surface area contributed by atoms with E-state index in [-0.39, 0.29) is 0 Å². The van der Waals surface area contributed by atoms with Gasteiger partial charge in [0.25, 0.3) is 0 Å². The fourth-order valence-electron chi connectivity index (χ4n) is 1.66. The molecule has 1 unspecified atom stereocenters. The molecule has 0 aliphatic heterocycles. The minimum Gasteiger partial charge on any atom is -0.743 e. The quantitative estimate of drug-likeness (QED) is 0.419. The van der Waals surface area contributed by atoms with Crippen molar-refractivity contribution in [2.75, 3.05) is 0 Å².